The van der Waals surface area contributed by atoms with Crippen LogP contribution in [0, 0.1) is 0 Å². The Hall–Kier alpha value is 0.460. The molecule has 0 aromatic heterocycles. The van der Waals surface area contributed by atoms with Crippen LogP contribution in [0.5, 0.6) is 0 Å². The summed E-state index contributed by atoms with van der Waals surface area (Å²) in [5, 5.41) is 0. The minimum Gasteiger partial charge on any atom is -0.116 e. The van der Waals surface area contributed by atoms with Crippen LogP contribution in [0.3, 0.4) is 0 Å². The van der Waals surface area contributed by atoms with E-state index in [1.807, 2.05) is 0 Å². The third-order valence-electron chi connectivity index (χ3n) is 0. The molecule has 0 rings (SSSR count). The largest absolute Gasteiger partial charge is 0.116 e. The predicted octanol–water partition coefficient (Wildman–Crippen LogP) is 2.73. The summed E-state index contributed by atoms with van der Waals surface area (Å²) in [6.45, 7) is 9.82. The van der Waals surface area contributed by atoms with Gasteiger partial charge in [0.15, 0.2) is 0 Å². The van der Waals surface area contributed by atoms with E-state index in [1.165, 1.54) is 5.54 Å². The molecule has 0 aromatic carbocycles. The van der Waals surface area contributed by atoms with Crippen LogP contribution in [0.4, 0.5) is 0 Å². The molecule has 0 nitrogen and oxygen atoms in total. The Morgan fingerprint density at radius 2 is 1.43 bits per heavy atom. The third-order valence-corrected chi connectivity index (χ3v) is 0. The highest BCUT2D eigenvalue weighted by atomic mass is 35.5. The molecule has 0 heterocycles. The minimum atomic E-state index is 0.380. The zero-order valence-corrected chi connectivity index (χ0v) is 6.76. The van der Waals surface area contributed by atoms with E-state index in [9.17, 15) is 0 Å². The molecule has 0 aliphatic rings. The molecule has 0 atom stereocenters. The van der Waals surface area contributed by atoms with Crippen LogP contribution in [0.2, 0.25) is 0 Å². The SMILES string of the molecule is C=CCl.CP(C)C. The molecule has 0 unspecified atom stereocenters. The van der Waals surface area contributed by atoms with Crippen molar-refractivity contribution in [3.8, 4) is 0 Å². The molecule has 0 aromatic rings. The summed E-state index contributed by atoms with van der Waals surface area (Å²) < 4.78 is 0. The van der Waals surface area contributed by atoms with Gasteiger partial charge in [0.05, 0.1) is 0 Å². The summed E-state index contributed by atoms with van der Waals surface area (Å²) in [6, 6.07) is 0. The molecule has 44 valence electrons. The standard InChI is InChI=1S/C3H9P.C2H3Cl/c1-4(2)3;1-2-3/h1-3H3;2H,1H2. The normalized spacial score (nSPS) is 7.00. The van der Waals surface area contributed by atoms with Crippen molar-refractivity contribution < 1.29 is 0 Å². The first-order chi connectivity index (χ1) is 3.15. The van der Waals surface area contributed by atoms with Gasteiger partial charge in [-0.05, 0) is 25.5 Å². The fraction of sp³-hybridized carbons (Fsp3) is 0.600. The lowest BCUT2D eigenvalue weighted by atomic mass is 11.3. The van der Waals surface area contributed by atoms with Crippen LogP contribution in [0.1, 0.15) is 0 Å². The van der Waals surface area contributed by atoms with E-state index in [0.29, 0.717) is 7.92 Å². The van der Waals surface area contributed by atoms with Gasteiger partial charge in [0.2, 0.25) is 0 Å². The van der Waals surface area contributed by atoms with Crippen molar-refractivity contribution >= 4 is 19.5 Å². The maximum atomic E-state index is 4.76. The van der Waals surface area contributed by atoms with E-state index in [2.05, 4.69) is 26.6 Å². The molecule has 0 saturated heterocycles. The average Bonchev–Trinajstić information content (AvgIpc) is 1.33. The van der Waals surface area contributed by atoms with E-state index >= 15 is 0 Å². The van der Waals surface area contributed by atoms with Gasteiger partial charge in [-0.25, -0.2) is 0 Å². The van der Waals surface area contributed by atoms with Crippen molar-refractivity contribution in [1.29, 1.82) is 0 Å². The topological polar surface area (TPSA) is 0 Å². The lowest BCUT2D eigenvalue weighted by molar-refractivity contribution is 2.13. The Morgan fingerprint density at radius 3 is 1.43 bits per heavy atom. The van der Waals surface area contributed by atoms with Gasteiger partial charge >= 0.3 is 0 Å². The van der Waals surface area contributed by atoms with Gasteiger partial charge in [0.25, 0.3) is 0 Å². The van der Waals surface area contributed by atoms with E-state index in [4.69, 9.17) is 11.6 Å². The zero-order valence-electron chi connectivity index (χ0n) is 5.11. The van der Waals surface area contributed by atoms with Crippen LogP contribution in [0.25, 0.3) is 0 Å². The highest BCUT2D eigenvalue weighted by Gasteiger charge is 1.65. The second-order valence-electron chi connectivity index (χ2n) is 1.50. The predicted molar refractivity (Wildman–Crippen MR) is 40.7 cm³/mol. The van der Waals surface area contributed by atoms with Gasteiger partial charge in [0.1, 0.15) is 0 Å². The van der Waals surface area contributed by atoms with Crippen LogP contribution < -0.4 is 0 Å². The van der Waals surface area contributed by atoms with Crippen molar-refractivity contribution in [3.63, 3.8) is 0 Å². The zero-order chi connectivity index (χ0) is 6.28. The molecule has 0 N–H and O–H groups in total. The van der Waals surface area contributed by atoms with E-state index in [-0.39, 0.29) is 0 Å². The monoisotopic (exact) mass is 138 g/mol. The van der Waals surface area contributed by atoms with Crippen molar-refractivity contribution in [2.24, 2.45) is 0 Å². The summed E-state index contributed by atoms with van der Waals surface area (Å²) in [5.41, 5.74) is 1.22. The number of halogens is 1. The quantitative estimate of drug-likeness (QED) is 0.452. The highest BCUT2D eigenvalue weighted by molar-refractivity contribution is 7.55. The smallest absolute Gasteiger partial charge is 0.00296 e. The van der Waals surface area contributed by atoms with Gasteiger partial charge in [-0.1, -0.05) is 18.2 Å². The fourth-order valence-corrected chi connectivity index (χ4v) is 0. The molecule has 7 heavy (non-hydrogen) atoms. The minimum absolute atomic E-state index is 0.380. The molecule has 0 spiro atoms. The highest BCUT2D eigenvalue weighted by Crippen LogP contribution is 2.14. The average molecular weight is 139 g/mol. The maximum Gasteiger partial charge on any atom is -0.00296 e. The van der Waals surface area contributed by atoms with Crippen LogP contribution in [0.15, 0.2) is 12.1 Å². The molecule has 0 radical (unpaired) electrons. The van der Waals surface area contributed by atoms with Crippen LogP contribution in [-0.4, -0.2) is 20.0 Å². The first-order valence-corrected chi connectivity index (χ1v) is 5.09. The fourth-order valence-electron chi connectivity index (χ4n) is 0. The molecule has 0 aliphatic heterocycles. The summed E-state index contributed by atoms with van der Waals surface area (Å²) in [7, 11) is 0.380. The molecule has 0 aliphatic carbocycles. The summed E-state index contributed by atoms with van der Waals surface area (Å²) >= 11 is 4.76. The van der Waals surface area contributed by atoms with Crippen molar-refractivity contribution in [1.82, 2.24) is 0 Å². The molecular formula is C5H12ClP. The second kappa shape index (κ2) is 9.68. The Kier molecular flexibility index (Phi) is 14.4. The van der Waals surface area contributed by atoms with Crippen molar-refractivity contribution in [2.45, 2.75) is 0 Å². The molecule has 0 bridgehead atoms. The Labute approximate surface area is 52.3 Å². The number of rotatable bonds is 0. The molecule has 2 heteroatoms. The molecule has 0 amide bonds. The summed E-state index contributed by atoms with van der Waals surface area (Å²) in [4.78, 5) is 0. The second-order valence-corrected chi connectivity index (χ2v) is 4.49. The number of hydrogen-bond acceptors (Lipinski definition) is 0. The van der Waals surface area contributed by atoms with E-state index < -0.39 is 0 Å². The van der Waals surface area contributed by atoms with Gasteiger partial charge in [-0.15, -0.1) is 7.92 Å². The number of hydrogen-bond donors (Lipinski definition) is 0. The lowest BCUT2D eigenvalue weighted by Crippen LogP contribution is -1.48. The molecule has 0 fully saturated rings. The third kappa shape index (κ3) is 607. The van der Waals surface area contributed by atoms with Gasteiger partial charge in [0, 0.05) is 0 Å². The van der Waals surface area contributed by atoms with Gasteiger partial charge in [-0.3, -0.25) is 0 Å². The van der Waals surface area contributed by atoms with Crippen molar-refractivity contribution in [2.75, 3.05) is 20.0 Å². The maximum absolute atomic E-state index is 4.76. The first kappa shape index (κ1) is 10.4. The molecular weight excluding hydrogens is 126 g/mol. The van der Waals surface area contributed by atoms with Crippen LogP contribution in [-0.2, 0) is 0 Å². The summed E-state index contributed by atoms with van der Waals surface area (Å²) in [5.74, 6) is 0. The van der Waals surface area contributed by atoms with E-state index in [1.54, 1.807) is 0 Å². The Morgan fingerprint density at radius 1 is 1.43 bits per heavy atom. The van der Waals surface area contributed by atoms with E-state index in [0.717, 1.165) is 0 Å². The first-order valence-electron chi connectivity index (χ1n) is 1.97. The summed E-state index contributed by atoms with van der Waals surface area (Å²) in [6.07, 6.45) is 0. The van der Waals surface area contributed by atoms with Gasteiger partial charge < -0.3 is 0 Å². The van der Waals surface area contributed by atoms with Gasteiger partial charge in [-0.2, -0.15) is 0 Å². The Bertz CT molecular complexity index is 32.3. The van der Waals surface area contributed by atoms with Crippen molar-refractivity contribution in [3.05, 3.63) is 12.1 Å². The lowest BCUT2D eigenvalue weighted by Gasteiger charge is -1.81. The Balaban J connectivity index is 0. The van der Waals surface area contributed by atoms with Crippen LogP contribution >= 0.6 is 19.5 Å². The molecule has 0 saturated carbocycles.